The molecule has 0 radical (unpaired) electrons. The van der Waals surface area contributed by atoms with Gasteiger partial charge in [0.2, 0.25) is 0 Å². The van der Waals surface area contributed by atoms with E-state index >= 15 is 0 Å². The van der Waals surface area contributed by atoms with Gasteiger partial charge in [-0.25, -0.2) is 28.4 Å². The van der Waals surface area contributed by atoms with Crippen LogP contribution in [0.5, 0.6) is 0 Å². The van der Waals surface area contributed by atoms with E-state index in [1.54, 1.807) is 18.3 Å². The number of piperidine rings is 1. The van der Waals surface area contributed by atoms with Gasteiger partial charge in [-0.2, -0.15) is 22.4 Å². The number of aliphatic hydroxyl groups excluding tert-OH is 1. The van der Waals surface area contributed by atoms with Crippen LogP contribution in [0.2, 0.25) is 0 Å². The zero-order valence-electron chi connectivity index (χ0n) is 23.4. The Balaban J connectivity index is 1.27. The topological polar surface area (TPSA) is 139 Å². The van der Waals surface area contributed by atoms with Crippen LogP contribution in [0.15, 0.2) is 43.1 Å². The number of alkyl halides is 3. The molecule has 0 spiro atoms. The second-order valence-electron chi connectivity index (χ2n) is 11.1. The van der Waals surface area contributed by atoms with E-state index in [4.69, 9.17) is 0 Å². The normalized spacial score (nSPS) is 16.8. The first kappa shape index (κ1) is 30.0. The third-order valence-corrected chi connectivity index (χ3v) is 10.6. The van der Waals surface area contributed by atoms with Crippen molar-refractivity contribution in [3.05, 3.63) is 58.6 Å². The van der Waals surface area contributed by atoms with E-state index in [0.29, 0.717) is 60.0 Å². The molecule has 44 heavy (non-hydrogen) atoms. The summed E-state index contributed by atoms with van der Waals surface area (Å²) in [4.78, 5) is 19.0. The van der Waals surface area contributed by atoms with Crippen LogP contribution in [0.4, 0.5) is 30.5 Å². The van der Waals surface area contributed by atoms with Gasteiger partial charge in [0.1, 0.15) is 11.6 Å². The third-order valence-electron chi connectivity index (χ3n) is 7.58. The van der Waals surface area contributed by atoms with Gasteiger partial charge in [0, 0.05) is 38.2 Å². The molecule has 2 fully saturated rings. The summed E-state index contributed by atoms with van der Waals surface area (Å²) < 4.78 is 65.0. The first-order valence-electron chi connectivity index (χ1n) is 13.7. The van der Waals surface area contributed by atoms with Crippen molar-refractivity contribution in [2.45, 2.75) is 44.0 Å². The van der Waals surface area contributed by atoms with Crippen molar-refractivity contribution in [1.82, 2.24) is 29.1 Å². The average Bonchev–Trinajstić information content (AvgIpc) is 3.54. The quantitative estimate of drug-likeness (QED) is 0.280. The van der Waals surface area contributed by atoms with Gasteiger partial charge in [0.15, 0.2) is 10.8 Å². The maximum atomic E-state index is 13.0. The highest BCUT2D eigenvalue weighted by molar-refractivity contribution is 7.90. The summed E-state index contributed by atoms with van der Waals surface area (Å²) in [6.45, 7) is 3.38. The minimum absolute atomic E-state index is 0.0744. The number of anilines is 3. The van der Waals surface area contributed by atoms with E-state index in [-0.39, 0.29) is 22.7 Å². The second kappa shape index (κ2) is 11.5. The smallest absolute Gasteiger partial charge is 0.396 e. The van der Waals surface area contributed by atoms with Crippen LogP contribution < -0.4 is 10.2 Å². The Morgan fingerprint density at radius 2 is 1.89 bits per heavy atom. The Morgan fingerprint density at radius 1 is 1.11 bits per heavy atom. The number of aliphatic hydroxyl groups is 1. The van der Waals surface area contributed by atoms with Crippen molar-refractivity contribution < 1.29 is 26.7 Å². The molecular formula is C28H27F3N8O3S2. The van der Waals surface area contributed by atoms with Gasteiger partial charge in [-0.15, -0.1) is 11.3 Å². The number of pyridine rings is 1. The number of hydrogen-bond acceptors (Lipinski definition) is 11. The lowest BCUT2D eigenvalue weighted by Gasteiger charge is -2.39. The van der Waals surface area contributed by atoms with Gasteiger partial charge < -0.3 is 15.3 Å². The molecule has 0 atom stereocenters. The van der Waals surface area contributed by atoms with E-state index in [0.717, 1.165) is 28.8 Å². The van der Waals surface area contributed by atoms with Gasteiger partial charge in [0.05, 0.1) is 45.5 Å². The van der Waals surface area contributed by atoms with Crippen LogP contribution in [-0.2, 0) is 16.2 Å². The lowest BCUT2D eigenvalue weighted by Crippen LogP contribution is -2.40. The highest BCUT2D eigenvalue weighted by atomic mass is 32.2. The van der Waals surface area contributed by atoms with Crippen molar-refractivity contribution in [3.8, 4) is 23.2 Å². The van der Waals surface area contributed by atoms with Gasteiger partial charge in [-0.1, -0.05) is 12.8 Å². The standard InChI is InChI=1S/C28H27F3N8O3S2/c1-27(17-40)7-10-38(11-8-27)22-12-24(33-13-18(22)2-3-20-15-34-26(43-20)28(29,30)31)36-23-6-9-32-25(37-23)19-14-35-39(16-19)44(41,42)21-4-5-21/h6,9,12-16,21,40H,4-5,7-8,10-11,17H2,1H3,(H,32,33,36,37). The molecule has 1 aliphatic carbocycles. The largest absolute Gasteiger partial charge is 0.443 e. The minimum Gasteiger partial charge on any atom is -0.396 e. The molecule has 16 heteroatoms. The lowest BCUT2D eigenvalue weighted by molar-refractivity contribution is -0.137. The molecule has 1 saturated carbocycles. The molecule has 0 bridgehead atoms. The van der Waals surface area contributed by atoms with Crippen LogP contribution in [0.1, 0.15) is 48.1 Å². The Hall–Kier alpha value is -4.07. The lowest BCUT2D eigenvalue weighted by atomic mass is 9.81. The summed E-state index contributed by atoms with van der Waals surface area (Å²) >= 11 is 0.477. The first-order chi connectivity index (χ1) is 20.9. The zero-order chi connectivity index (χ0) is 31.1. The van der Waals surface area contributed by atoms with Gasteiger partial charge in [-0.3, -0.25) is 0 Å². The maximum Gasteiger partial charge on any atom is 0.443 e. The highest BCUT2D eigenvalue weighted by Gasteiger charge is 2.38. The number of nitrogens with zero attached hydrogens (tertiary/aromatic N) is 7. The molecule has 11 nitrogen and oxygen atoms in total. The number of thiazole rings is 1. The fraction of sp³-hybridized carbons (Fsp3) is 0.393. The molecule has 1 aliphatic heterocycles. The van der Waals surface area contributed by atoms with E-state index in [1.165, 1.54) is 18.6 Å². The summed E-state index contributed by atoms with van der Waals surface area (Å²) in [5.41, 5.74) is 1.50. The van der Waals surface area contributed by atoms with Crippen LogP contribution in [0, 0.1) is 17.3 Å². The number of rotatable bonds is 7. The van der Waals surface area contributed by atoms with Crippen molar-refractivity contribution in [1.29, 1.82) is 0 Å². The van der Waals surface area contributed by atoms with E-state index in [1.807, 2.05) is 6.92 Å². The Morgan fingerprint density at radius 3 is 2.57 bits per heavy atom. The van der Waals surface area contributed by atoms with Gasteiger partial charge >= 0.3 is 6.18 Å². The second-order valence-corrected chi connectivity index (χ2v) is 14.2. The SMILES string of the molecule is CC1(CO)CCN(c2cc(Nc3ccnc(-c4cnn(S(=O)(=O)C5CC5)c4)n3)ncc2C#Cc2cnc(C(F)(F)F)s2)CC1. The number of nitrogens with one attached hydrogen (secondary N) is 1. The summed E-state index contributed by atoms with van der Waals surface area (Å²) in [7, 11) is -3.53. The van der Waals surface area contributed by atoms with Crippen molar-refractivity contribution in [2.24, 2.45) is 5.41 Å². The molecular weight excluding hydrogens is 617 g/mol. The maximum absolute atomic E-state index is 13.0. The number of hydrogen-bond donors (Lipinski definition) is 2. The molecule has 1 saturated heterocycles. The van der Waals surface area contributed by atoms with E-state index in [2.05, 4.69) is 47.1 Å². The summed E-state index contributed by atoms with van der Waals surface area (Å²) in [6, 6.07) is 3.43. The summed E-state index contributed by atoms with van der Waals surface area (Å²) in [5.74, 6) is 6.87. The van der Waals surface area contributed by atoms with Crippen LogP contribution >= 0.6 is 11.3 Å². The molecule has 4 aromatic rings. The molecule has 6 rings (SSSR count). The van der Waals surface area contributed by atoms with Crippen LogP contribution in [-0.4, -0.2) is 67.6 Å². The highest BCUT2D eigenvalue weighted by Crippen LogP contribution is 2.35. The molecule has 5 heterocycles. The predicted molar refractivity (Wildman–Crippen MR) is 158 cm³/mol. The molecule has 0 amide bonds. The zero-order valence-corrected chi connectivity index (χ0v) is 25.0. The summed E-state index contributed by atoms with van der Waals surface area (Å²) in [5, 5.41) is 15.6. The van der Waals surface area contributed by atoms with Crippen molar-refractivity contribution in [2.75, 3.05) is 29.9 Å². The monoisotopic (exact) mass is 644 g/mol. The van der Waals surface area contributed by atoms with Crippen LogP contribution in [0.25, 0.3) is 11.4 Å². The minimum atomic E-state index is -4.53. The third kappa shape index (κ3) is 6.40. The Labute approximate surface area is 255 Å². The van der Waals surface area contributed by atoms with E-state index < -0.39 is 26.5 Å². The van der Waals surface area contributed by atoms with Crippen molar-refractivity contribution in [3.63, 3.8) is 0 Å². The first-order valence-corrected chi connectivity index (χ1v) is 16.1. The average molecular weight is 645 g/mol. The van der Waals surface area contributed by atoms with Crippen LogP contribution in [0.3, 0.4) is 0 Å². The predicted octanol–water partition coefficient (Wildman–Crippen LogP) is 4.29. The fourth-order valence-corrected chi connectivity index (χ4v) is 6.80. The Kier molecular flexibility index (Phi) is 7.80. The van der Waals surface area contributed by atoms with Gasteiger partial charge in [-0.05, 0) is 43.1 Å². The molecule has 2 aliphatic rings. The van der Waals surface area contributed by atoms with Gasteiger partial charge in [0.25, 0.3) is 10.0 Å². The fourth-order valence-electron chi connectivity index (χ4n) is 4.69. The molecule has 230 valence electrons. The Bertz CT molecular complexity index is 1850. The number of aromatic nitrogens is 6. The molecule has 0 unspecified atom stereocenters. The molecule has 2 N–H and O–H groups in total. The van der Waals surface area contributed by atoms with Crippen molar-refractivity contribution >= 4 is 38.7 Å². The molecule has 4 aromatic heterocycles. The number of halogens is 3. The summed E-state index contributed by atoms with van der Waals surface area (Å²) in [6.07, 6.45) is 5.17. The van der Waals surface area contributed by atoms with E-state index in [9.17, 15) is 26.7 Å². The molecule has 0 aromatic carbocycles.